The zero-order valence-electron chi connectivity index (χ0n) is 25.2. The van der Waals surface area contributed by atoms with Gasteiger partial charge in [0.15, 0.2) is 0 Å². The Labute approximate surface area is 264 Å². The second kappa shape index (κ2) is 12.4. The predicted octanol–water partition coefficient (Wildman–Crippen LogP) is 10.7. The molecule has 216 valence electrons. The number of nitrogens with zero attached hydrogens (tertiary/aromatic N) is 1. The summed E-state index contributed by atoms with van der Waals surface area (Å²) < 4.78 is 6.35. The van der Waals surface area contributed by atoms with Gasteiger partial charge in [0, 0.05) is 33.2 Å². The first kappa shape index (κ1) is 27.9. The lowest BCUT2D eigenvalue weighted by molar-refractivity contribution is 0.576. The highest BCUT2D eigenvalue weighted by Crippen LogP contribution is 2.38. The number of hydrogen-bond acceptors (Lipinski definition) is 2. The van der Waals surface area contributed by atoms with Crippen molar-refractivity contribution in [3.05, 3.63) is 175 Å². The molecule has 0 spiro atoms. The molecule has 0 N–H and O–H groups in total. The normalized spacial score (nSPS) is 12.0. The van der Waals surface area contributed by atoms with Gasteiger partial charge in [0.1, 0.15) is 11.0 Å². The topological polar surface area (TPSA) is 16.4 Å². The van der Waals surface area contributed by atoms with E-state index in [0.29, 0.717) is 0 Å². The van der Waals surface area contributed by atoms with Gasteiger partial charge in [-0.15, -0.1) is 0 Å². The maximum absolute atomic E-state index is 6.35. The van der Waals surface area contributed by atoms with E-state index in [-0.39, 0.29) is 0 Å². The van der Waals surface area contributed by atoms with Crippen LogP contribution < -0.4 is 15.5 Å². The van der Waals surface area contributed by atoms with Crippen LogP contribution in [-0.4, -0.2) is 0 Å². The van der Waals surface area contributed by atoms with Gasteiger partial charge >= 0.3 is 0 Å². The number of hydrogen-bond donors (Lipinski definition) is 0. The fraction of sp³-hybridized carbons (Fsp3) is 0.0233. The molecule has 1 heterocycles. The second-order valence-corrected chi connectivity index (χ2v) is 11.0. The van der Waals surface area contributed by atoms with Crippen molar-refractivity contribution in [1.82, 2.24) is 0 Å². The zero-order chi connectivity index (χ0) is 30.6. The average Bonchev–Trinajstić information content (AvgIpc) is 3.48. The van der Waals surface area contributed by atoms with E-state index in [0.717, 1.165) is 49.8 Å². The molecule has 0 aliphatic carbocycles. The lowest BCUT2D eigenvalue weighted by Gasteiger charge is -2.26. The lowest BCUT2D eigenvalue weighted by Crippen LogP contribution is -2.18. The molecule has 0 bridgehead atoms. The van der Waals surface area contributed by atoms with Gasteiger partial charge in [0.05, 0.1) is 0 Å². The monoisotopic (exact) mass is 579 g/mol. The van der Waals surface area contributed by atoms with Crippen LogP contribution >= 0.6 is 0 Å². The summed E-state index contributed by atoms with van der Waals surface area (Å²) in [6, 6.07) is 53.7. The molecule has 6 aromatic carbocycles. The average molecular weight is 580 g/mol. The molecular formula is C43H33NO. The summed E-state index contributed by atoms with van der Waals surface area (Å²) in [5, 5.41) is 2.15. The molecule has 0 fully saturated rings. The van der Waals surface area contributed by atoms with Crippen LogP contribution in [0.25, 0.3) is 56.5 Å². The summed E-state index contributed by atoms with van der Waals surface area (Å²) in [4.78, 5) is 2.31. The van der Waals surface area contributed by atoms with E-state index in [1.54, 1.807) is 0 Å². The highest BCUT2D eigenvalue weighted by atomic mass is 16.3. The van der Waals surface area contributed by atoms with E-state index >= 15 is 0 Å². The Balaban J connectivity index is 1.30. The predicted molar refractivity (Wildman–Crippen MR) is 191 cm³/mol. The summed E-state index contributed by atoms with van der Waals surface area (Å²) in [6.07, 6.45) is 5.83. The van der Waals surface area contributed by atoms with Gasteiger partial charge in [0.25, 0.3) is 0 Å². The Hall–Kier alpha value is -5.86. The number of fused-ring (bicyclic) bond motifs is 1. The van der Waals surface area contributed by atoms with Crippen molar-refractivity contribution in [3.8, 4) is 33.4 Å². The van der Waals surface area contributed by atoms with E-state index < -0.39 is 0 Å². The molecule has 45 heavy (non-hydrogen) atoms. The third-order valence-corrected chi connectivity index (χ3v) is 8.23. The fourth-order valence-corrected chi connectivity index (χ4v) is 5.99. The molecule has 0 aliphatic rings. The van der Waals surface area contributed by atoms with Crippen molar-refractivity contribution < 1.29 is 4.42 Å². The van der Waals surface area contributed by atoms with E-state index in [2.05, 4.69) is 163 Å². The molecule has 0 unspecified atom stereocenters. The smallest absolute Gasteiger partial charge is 0.143 e. The summed E-state index contributed by atoms with van der Waals surface area (Å²) in [5.41, 5.74) is 12.0. The van der Waals surface area contributed by atoms with Gasteiger partial charge in [-0.25, -0.2) is 0 Å². The lowest BCUT2D eigenvalue weighted by atomic mass is 10.0. The standard InChI is InChI=1S/C43H33NO/c1-3-12-40-41-18-11-17-39(43(41)45-42(40)4-2)35-23-29-38(30-24-35)44(36-25-19-33(20-26-36)31-13-7-5-8-14-31)37-27-21-34(22-28-37)32-15-9-6-10-16-32/h3-30H,1H2,2H3/b40-12-,42-4+. The van der Waals surface area contributed by atoms with Crippen LogP contribution in [0.5, 0.6) is 0 Å². The van der Waals surface area contributed by atoms with Crippen molar-refractivity contribution >= 4 is 40.2 Å². The van der Waals surface area contributed by atoms with Crippen molar-refractivity contribution in [2.45, 2.75) is 6.92 Å². The number of allylic oxidation sites excluding steroid dienone is 1. The van der Waals surface area contributed by atoms with Crippen LogP contribution in [0, 0.1) is 0 Å². The Kier molecular flexibility index (Phi) is 7.70. The Bertz CT molecular complexity index is 2110. The van der Waals surface area contributed by atoms with Gasteiger partial charge in [-0.2, -0.15) is 0 Å². The highest BCUT2D eigenvalue weighted by Gasteiger charge is 2.15. The molecule has 0 aliphatic heterocycles. The highest BCUT2D eigenvalue weighted by molar-refractivity contribution is 5.94. The molecule has 7 aromatic rings. The maximum atomic E-state index is 6.35. The van der Waals surface area contributed by atoms with Crippen molar-refractivity contribution in [1.29, 1.82) is 0 Å². The first-order valence-electron chi connectivity index (χ1n) is 15.3. The summed E-state index contributed by atoms with van der Waals surface area (Å²) in [5.74, 6) is 0. The third kappa shape index (κ3) is 5.50. The number of anilines is 3. The van der Waals surface area contributed by atoms with Crippen LogP contribution in [-0.2, 0) is 0 Å². The largest absolute Gasteiger partial charge is 0.456 e. The molecule has 2 nitrogen and oxygen atoms in total. The first-order chi connectivity index (χ1) is 22.2. The molecule has 1 aromatic heterocycles. The van der Waals surface area contributed by atoms with E-state index in [4.69, 9.17) is 4.42 Å². The first-order valence-corrected chi connectivity index (χ1v) is 15.3. The van der Waals surface area contributed by atoms with Crippen LogP contribution in [0.2, 0.25) is 0 Å². The van der Waals surface area contributed by atoms with Crippen molar-refractivity contribution in [2.75, 3.05) is 4.90 Å². The Morgan fingerprint density at radius 1 is 0.511 bits per heavy atom. The number of benzene rings is 6. The minimum absolute atomic E-state index is 0.859. The SMILES string of the molecule is C=C/C=c1\c(=C/C)oc2c(-c3ccc(N(c4ccc(-c5ccccc5)cc4)c4ccc(-c5ccccc5)cc4)cc3)cccc12. The Morgan fingerprint density at radius 3 is 1.44 bits per heavy atom. The molecule has 0 atom stereocenters. The van der Waals surface area contributed by atoms with Crippen molar-refractivity contribution in [2.24, 2.45) is 0 Å². The van der Waals surface area contributed by atoms with Gasteiger partial charge in [-0.05, 0) is 77.2 Å². The number of furan rings is 1. The maximum Gasteiger partial charge on any atom is 0.143 e. The minimum Gasteiger partial charge on any atom is -0.456 e. The molecular weight excluding hydrogens is 546 g/mol. The van der Waals surface area contributed by atoms with Crippen LogP contribution in [0.3, 0.4) is 0 Å². The molecule has 7 rings (SSSR count). The summed E-state index contributed by atoms with van der Waals surface area (Å²) in [7, 11) is 0. The minimum atomic E-state index is 0.859. The van der Waals surface area contributed by atoms with Crippen LogP contribution in [0.4, 0.5) is 17.1 Å². The summed E-state index contributed by atoms with van der Waals surface area (Å²) >= 11 is 0. The van der Waals surface area contributed by atoms with Gasteiger partial charge in [-0.3, -0.25) is 0 Å². The number of rotatable bonds is 7. The van der Waals surface area contributed by atoms with Gasteiger partial charge in [-0.1, -0.05) is 134 Å². The van der Waals surface area contributed by atoms with Gasteiger partial charge < -0.3 is 9.32 Å². The molecule has 0 amide bonds. The van der Waals surface area contributed by atoms with Gasteiger partial charge in [0.2, 0.25) is 0 Å². The van der Waals surface area contributed by atoms with E-state index in [1.807, 2.05) is 25.2 Å². The van der Waals surface area contributed by atoms with E-state index in [1.165, 1.54) is 22.3 Å². The van der Waals surface area contributed by atoms with E-state index in [9.17, 15) is 0 Å². The molecule has 0 saturated heterocycles. The van der Waals surface area contributed by atoms with Crippen LogP contribution in [0.15, 0.2) is 169 Å². The molecule has 0 radical (unpaired) electrons. The molecule has 2 heteroatoms. The number of para-hydroxylation sites is 1. The van der Waals surface area contributed by atoms with Crippen molar-refractivity contribution in [3.63, 3.8) is 0 Å². The molecule has 0 saturated carbocycles. The Morgan fingerprint density at radius 2 is 0.978 bits per heavy atom. The zero-order valence-corrected chi connectivity index (χ0v) is 25.2. The quantitative estimate of drug-likeness (QED) is 0.187. The third-order valence-electron chi connectivity index (χ3n) is 8.23. The fourth-order valence-electron chi connectivity index (χ4n) is 5.99. The second-order valence-electron chi connectivity index (χ2n) is 11.0. The van der Waals surface area contributed by atoms with Crippen LogP contribution in [0.1, 0.15) is 6.92 Å². The summed E-state index contributed by atoms with van der Waals surface area (Å²) in [6.45, 7) is 5.90.